The Morgan fingerprint density at radius 1 is 1.17 bits per heavy atom. The van der Waals surface area contributed by atoms with Gasteiger partial charge >= 0.3 is 0 Å². The molecule has 2 N–H and O–H groups in total. The van der Waals surface area contributed by atoms with Crippen LogP contribution in [0.25, 0.3) is 0 Å². The van der Waals surface area contributed by atoms with E-state index in [1.165, 1.54) is 32.1 Å². The molecule has 1 fully saturated rings. The zero-order chi connectivity index (χ0) is 13.1. The van der Waals surface area contributed by atoms with Gasteiger partial charge in [0.15, 0.2) is 0 Å². The molecule has 1 aliphatic rings. The molecule has 18 heavy (non-hydrogen) atoms. The third-order valence-corrected chi connectivity index (χ3v) is 4.07. The summed E-state index contributed by atoms with van der Waals surface area (Å²) >= 11 is 5.50. The molecule has 3 heteroatoms. The molecule has 2 nitrogen and oxygen atoms in total. The van der Waals surface area contributed by atoms with Gasteiger partial charge in [0, 0.05) is 11.6 Å². The predicted octanol–water partition coefficient (Wildman–Crippen LogP) is 3.61. The van der Waals surface area contributed by atoms with Crippen LogP contribution in [0.3, 0.4) is 0 Å². The molecule has 0 saturated heterocycles. The second-order valence-corrected chi connectivity index (χ2v) is 5.67. The summed E-state index contributed by atoms with van der Waals surface area (Å²) < 4.78 is 0. The minimum Gasteiger partial charge on any atom is -0.508 e. The molecular weight excluding hydrogens is 242 g/mol. The van der Waals surface area contributed by atoms with Crippen LogP contribution < -0.4 is 5.32 Å². The summed E-state index contributed by atoms with van der Waals surface area (Å²) in [7, 11) is 0. The van der Waals surface area contributed by atoms with Gasteiger partial charge in [0.2, 0.25) is 0 Å². The minimum absolute atomic E-state index is 0.344. The number of aromatic hydroxyl groups is 1. The molecule has 1 aliphatic carbocycles. The van der Waals surface area contributed by atoms with Gasteiger partial charge in [-0.2, -0.15) is 0 Å². The molecule has 0 bridgehead atoms. The van der Waals surface area contributed by atoms with Crippen molar-refractivity contribution >= 4 is 17.2 Å². The molecule has 98 valence electrons. The molecule has 0 atom stereocenters. The highest BCUT2D eigenvalue weighted by atomic mass is 32.1. The van der Waals surface area contributed by atoms with E-state index in [0.29, 0.717) is 11.8 Å². The molecule has 0 unspecified atom stereocenters. The third kappa shape index (κ3) is 3.02. The van der Waals surface area contributed by atoms with Crippen LogP contribution in [0.2, 0.25) is 0 Å². The Kier molecular flexibility index (Phi) is 4.23. The Hall–Kier alpha value is -1.09. The average Bonchev–Trinajstić information content (AvgIpc) is 2.35. The van der Waals surface area contributed by atoms with Gasteiger partial charge in [0.25, 0.3) is 0 Å². The molecule has 0 aromatic heterocycles. The van der Waals surface area contributed by atoms with Crippen molar-refractivity contribution in [3.05, 3.63) is 28.8 Å². The molecule has 2 rings (SSSR count). The second kappa shape index (κ2) is 5.70. The summed E-state index contributed by atoms with van der Waals surface area (Å²) in [6, 6.07) is 4.29. The molecule has 1 aromatic rings. The monoisotopic (exact) mass is 263 g/mol. The van der Waals surface area contributed by atoms with Crippen LogP contribution in [0.1, 0.15) is 48.8 Å². The van der Waals surface area contributed by atoms with Crippen LogP contribution in [0.15, 0.2) is 12.1 Å². The zero-order valence-electron chi connectivity index (χ0n) is 11.1. The van der Waals surface area contributed by atoms with E-state index < -0.39 is 0 Å². The first-order valence-corrected chi connectivity index (χ1v) is 7.10. The Morgan fingerprint density at radius 2 is 1.83 bits per heavy atom. The lowest BCUT2D eigenvalue weighted by Crippen LogP contribution is -2.35. The van der Waals surface area contributed by atoms with Crippen LogP contribution in [-0.2, 0) is 0 Å². The van der Waals surface area contributed by atoms with E-state index in [1.54, 1.807) is 6.07 Å². The van der Waals surface area contributed by atoms with Gasteiger partial charge in [0.1, 0.15) is 10.7 Å². The van der Waals surface area contributed by atoms with Gasteiger partial charge in [-0.1, -0.05) is 31.5 Å². The fourth-order valence-electron chi connectivity index (χ4n) is 2.56. The molecule has 0 spiro atoms. The summed E-state index contributed by atoms with van der Waals surface area (Å²) in [5.74, 6) is 0.344. The van der Waals surface area contributed by atoms with E-state index >= 15 is 0 Å². The van der Waals surface area contributed by atoms with Crippen LogP contribution in [0.4, 0.5) is 0 Å². The van der Waals surface area contributed by atoms with Crippen molar-refractivity contribution in [2.75, 3.05) is 0 Å². The molecule has 1 saturated carbocycles. The molecule has 0 radical (unpaired) electrons. The van der Waals surface area contributed by atoms with E-state index in [1.807, 2.05) is 19.9 Å². The maximum atomic E-state index is 9.66. The van der Waals surface area contributed by atoms with Crippen LogP contribution in [0.5, 0.6) is 5.75 Å². The van der Waals surface area contributed by atoms with Crippen molar-refractivity contribution in [3.8, 4) is 5.75 Å². The standard InChI is InChI=1S/C15H21NOS/c1-10-9-14(17)11(2)8-13(10)15(18)16-12-6-4-3-5-7-12/h8-9,12,17H,3-7H2,1-2H3,(H,16,18). The number of thiocarbonyl (C=S) groups is 1. The Labute approximate surface area is 114 Å². The molecule has 0 amide bonds. The van der Waals surface area contributed by atoms with E-state index in [0.717, 1.165) is 21.7 Å². The highest BCUT2D eigenvalue weighted by molar-refractivity contribution is 7.80. The lowest BCUT2D eigenvalue weighted by molar-refractivity contribution is 0.415. The topological polar surface area (TPSA) is 32.3 Å². The van der Waals surface area contributed by atoms with Gasteiger partial charge in [-0.05, 0) is 49.9 Å². The fourth-order valence-corrected chi connectivity index (χ4v) is 2.94. The van der Waals surface area contributed by atoms with Gasteiger partial charge in [0.05, 0.1) is 0 Å². The summed E-state index contributed by atoms with van der Waals surface area (Å²) in [5, 5.41) is 13.1. The minimum atomic E-state index is 0.344. The first-order valence-electron chi connectivity index (χ1n) is 6.69. The molecule has 0 aliphatic heterocycles. The fraction of sp³-hybridized carbons (Fsp3) is 0.533. The van der Waals surface area contributed by atoms with Gasteiger partial charge in [-0.15, -0.1) is 0 Å². The summed E-state index contributed by atoms with van der Waals surface area (Å²) in [6.45, 7) is 3.89. The van der Waals surface area contributed by atoms with Crippen LogP contribution in [-0.4, -0.2) is 16.1 Å². The summed E-state index contributed by atoms with van der Waals surface area (Å²) in [6.07, 6.45) is 6.39. The SMILES string of the molecule is Cc1cc(C(=S)NC2CCCCC2)c(C)cc1O. The second-order valence-electron chi connectivity index (χ2n) is 5.26. The van der Waals surface area contributed by atoms with Crippen molar-refractivity contribution in [1.29, 1.82) is 0 Å². The highest BCUT2D eigenvalue weighted by Gasteiger charge is 2.16. The smallest absolute Gasteiger partial charge is 0.118 e. The maximum Gasteiger partial charge on any atom is 0.118 e. The lowest BCUT2D eigenvalue weighted by atomic mass is 9.95. The summed E-state index contributed by atoms with van der Waals surface area (Å²) in [4.78, 5) is 0.822. The molecular formula is C15H21NOS. The number of phenols is 1. The van der Waals surface area contributed by atoms with Crippen molar-refractivity contribution in [2.45, 2.75) is 52.0 Å². The lowest BCUT2D eigenvalue weighted by Gasteiger charge is -2.24. The maximum absolute atomic E-state index is 9.66. The molecule has 0 heterocycles. The highest BCUT2D eigenvalue weighted by Crippen LogP contribution is 2.23. The number of hydrogen-bond donors (Lipinski definition) is 2. The van der Waals surface area contributed by atoms with Crippen molar-refractivity contribution < 1.29 is 5.11 Å². The van der Waals surface area contributed by atoms with Crippen LogP contribution >= 0.6 is 12.2 Å². The largest absolute Gasteiger partial charge is 0.508 e. The summed E-state index contributed by atoms with van der Waals surface area (Å²) in [5.41, 5.74) is 2.96. The van der Waals surface area contributed by atoms with Gasteiger partial charge < -0.3 is 10.4 Å². The number of nitrogens with one attached hydrogen (secondary N) is 1. The number of benzene rings is 1. The number of aryl methyl sites for hydroxylation is 2. The quantitative estimate of drug-likeness (QED) is 0.800. The van der Waals surface area contributed by atoms with E-state index in [4.69, 9.17) is 12.2 Å². The Morgan fingerprint density at radius 3 is 2.50 bits per heavy atom. The normalized spacial score (nSPS) is 16.6. The Bertz CT molecular complexity index is 450. The van der Waals surface area contributed by atoms with E-state index in [-0.39, 0.29) is 0 Å². The number of rotatable bonds is 2. The average molecular weight is 263 g/mol. The van der Waals surface area contributed by atoms with Crippen LogP contribution in [0, 0.1) is 13.8 Å². The van der Waals surface area contributed by atoms with Crippen molar-refractivity contribution in [2.24, 2.45) is 0 Å². The number of phenolic OH excluding ortho intramolecular Hbond substituents is 1. The van der Waals surface area contributed by atoms with Crippen molar-refractivity contribution in [3.63, 3.8) is 0 Å². The third-order valence-electron chi connectivity index (χ3n) is 3.73. The predicted molar refractivity (Wildman–Crippen MR) is 79.3 cm³/mol. The Balaban J connectivity index is 2.10. The zero-order valence-corrected chi connectivity index (χ0v) is 11.9. The first kappa shape index (κ1) is 13.3. The van der Waals surface area contributed by atoms with E-state index in [9.17, 15) is 5.11 Å². The molecule has 1 aromatic carbocycles. The van der Waals surface area contributed by atoms with Gasteiger partial charge in [-0.3, -0.25) is 0 Å². The number of hydrogen-bond acceptors (Lipinski definition) is 2. The van der Waals surface area contributed by atoms with E-state index in [2.05, 4.69) is 5.32 Å². The van der Waals surface area contributed by atoms with Crippen molar-refractivity contribution in [1.82, 2.24) is 5.32 Å². The first-order chi connectivity index (χ1) is 8.58. The van der Waals surface area contributed by atoms with Gasteiger partial charge in [-0.25, -0.2) is 0 Å².